The topological polar surface area (TPSA) is 91.6 Å². The first kappa shape index (κ1) is 14.2. The Morgan fingerprint density at radius 1 is 1.55 bits per heavy atom. The number of alkyl halides is 2. The highest BCUT2D eigenvalue weighted by Crippen LogP contribution is 2.21. The van der Waals surface area contributed by atoms with Gasteiger partial charge in [-0.25, -0.2) is 23.1 Å². The first-order valence-electron chi connectivity index (χ1n) is 5.81. The zero-order chi connectivity index (χ0) is 14.9. The van der Waals surface area contributed by atoms with Crippen LogP contribution in [-0.4, -0.2) is 75.0 Å². The molecule has 1 aromatic rings. The third-order valence-corrected chi connectivity index (χ3v) is 2.97. The van der Waals surface area contributed by atoms with Crippen molar-refractivity contribution in [2.75, 3.05) is 26.7 Å². The van der Waals surface area contributed by atoms with Gasteiger partial charge in [0, 0.05) is 20.1 Å². The van der Waals surface area contributed by atoms with E-state index in [1.54, 1.807) is 0 Å². The lowest BCUT2D eigenvalue weighted by Crippen LogP contribution is -2.55. The number of urea groups is 1. The summed E-state index contributed by atoms with van der Waals surface area (Å²) >= 11 is 0. The molecule has 0 spiro atoms. The summed E-state index contributed by atoms with van der Waals surface area (Å²) in [4.78, 5) is 24.7. The van der Waals surface area contributed by atoms with Crippen LogP contribution in [0.5, 0.6) is 0 Å². The van der Waals surface area contributed by atoms with E-state index in [0.717, 1.165) is 4.90 Å². The number of carbonyl (C=O) groups is 2. The molecule has 0 aliphatic carbocycles. The summed E-state index contributed by atoms with van der Waals surface area (Å²) in [5.74, 6) is -1.18. The van der Waals surface area contributed by atoms with Gasteiger partial charge in [-0.05, 0) is 0 Å². The second-order valence-corrected chi connectivity index (χ2v) is 4.50. The summed E-state index contributed by atoms with van der Waals surface area (Å²) in [6.07, 6.45) is -1.30. The number of halogens is 2. The molecule has 0 unspecified atom stereocenters. The summed E-state index contributed by atoms with van der Waals surface area (Å²) in [6, 6.07) is -0.667. The van der Waals surface area contributed by atoms with E-state index in [0.29, 0.717) is 0 Å². The molecule has 2 rings (SSSR count). The summed E-state index contributed by atoms with van der Waals surface area (Å²) in [7, 11) is 1.31. The molecule has 8 nitrogen and oxygen atoms in total. The van der Waals surface area contributed by atoms with E-state index in [4.69, 9.17) is 5.11 Å². The van der Waals surface area contributed by atoms with Gasteiger partial charge in [-0.1, -0.05) is 5.21 Å². The van der Waals surface area contributed by atoms with E-state index in [-0.39, 0.29) is 24.8 Å². The minimum absolute atomic E-state index is 0.176. The van der Waals surface area contributed by atoms with E-state index >= 15 is 0 Å². The zero-order valence-electron chi connectivity index (χ0n) is 10.6. The Hall–Kier alpha value is -2.26. The highest BCUT2D eigenvalue weighted by Gasteiger charge is 2.35. The average molecular weight is 289 g/mol. The molecule has 110 valence electrons. The lowest BCUT2D eigenvalue weighted by molar-refractivity contribution is 0.0674. The highest BCUT2D eigenvalue weighted by molar-refractivity contribution is 5.84. The van der Waals surface area contributed by atoms with Crippen LogP contribution in [-0.2, 0) is 0 Å². The van der Waals surface area contributed by atoms with Gasteiger partial charge in [-0.3, -0.25) is 0 Å². The SMILES string of the molecule is CN(CC(F)F)C(=O)N1CC(n2cc(C(=O)O)nn2)C1. The fraction of sp³-hybridized carbons (Fsp3) is 0.600. The fourth-order valence-electron chi connectivity index (χ4n) is 1.86. The van der Waals surface area contributed by atoms with E-state index < -0.39 is 25.0 Å². The summed E-state index contributed by atoms with van der Waals surface area (Å²) in [5.41, 5.74) is -0.176. The Morgan fingerprint density at radius 2 is 2.20 bits per heavy atom. The molecule has 0 radical (unpaired) electrons. The molecule has 2 amide bonds. The number of carbonyl (C=O) groups excluding carboxylic acids is 1. The van der Waals surface area contributed by atoms with Crippen molar-refractivity contribution in [2.45, 2.75) is 12.5 Å². The number of hydrogen-bond donors (Lipinski definition) is 1. The highest BCUT2D eigenvalue weighted by atomic mass is 19.3. The smallest absolute Gasteiger partial charge is 0.358 e. The van der Waals surface area contributed by atoms with Crippen molar-refractivity contribution < 1.29 is 23.5 Å². The Bertz CT molecular complexity index is 515. The van der Waals surface area contributed by atoms with E-state index in [1.165, 1.54) is 22.8 Å². The monoisotopic (exact) mass is 289 g/mol. The second kappa shape index (κ2) is 5.39. The predicted octanol–water partition coefficient (Wildman–Crippen LogP) is 0.150. The van der Waals surface area contributed by atoms with Gasteiger partial charge >= 0.3 is 12.0 Å². The van der Waals surface area contributed by atoms with Gasteiger partial charge in [-0.2, -0.15) is 0 Å². The van der Waals surface area contributed by atoms with Crippen LogP contribution in [0, 0.1) is 0 Å². The minimum Gasteiger partial charge on any atom is -0.476 e. The number of carboxylic acids is 1. The lowest BCUT2D eigenvalue weighted by Gasteiger charge is -2.40. The number of likely N-dealkylation sites (tertiary alicyclic amines) is 1. The minimum atomic E-state index is -2.57. The molecular formula is C10H13F2N5O3. The largest absolute Gasteiger partial charge is 0.476 e. The standard InChI is InChI=1S/C10H13F2N5O3/c1-15(5-8(11)12)10(20)16-2-6(3-16)17-4-7(9(18)19)13-14-17/h4,6,8H,2-3,5H2,1H3,(H,18,19). The molecule has 1 saturated heterocycles. The number of nitrogens with zero attached hydrogens (tertiary/aromatic N) is 5. The van der Waals surface area contributed by atoms with Crippen molar-refractivity contribution in [3.63, 3.8) is 0 Å². The van der Waals surface area contributed by atoms with Crippen LogP contribution in [0.25, 0.3) is 0 Å². The van der Waals surface area contributed by atoms with Crippen molar-refractivity contribution >= 4 is 12.0 Å². The molecule has 0 aromatic carbocycles. The number of hydrogen-bond acceptors (Lipinski definition) is 4. The van der Waals surface area contributed by atoms with Crippen molar-refractivity contribution in [3.8, 4) is 0 Å². The van der Waals surface area contributed by atoms with Crippen molar-refractivity contribution in [3.05, 3.63) is 11.9 Å². The summed E-state index contributed by atoms with van der Waals surface area (Å²) in [5, 5.41) is 15.8. The molecule has 0 atom stereocenters. The number of aromatic carboxylic acids is 1. The summed E-state index contributed by atoms with van der Waals surface area (Å²) in [6.45, 7) is -0.0455. The average Bonchev–Trinajstić information content (AvgIpc) is 2.75. The molecular weight excluding hydrogens is 276 g/mol. The molecule has 10 heteroatoms. The quantitative estimate of drug-likeness (QED) is 0.852. The Labute approximate surface area is 112 Å². The number of rotatable bonds is 4. The van der Waals surface area contributed by atoms with Crippen LogP contribution in [0.4, 0.5) is 13.6 Å². The van der Waals surface area contributed by atoms with Gasteiger partial charge in [0.15, 0.2) is 5.69 Å². The molecule has 1 aliphatic rings. The van der Waals surface area contributed by atoms with Crippen LogP contribution < -0.4 is 0 Å². The molecule has 1 aromatic heterocycles. The zero-order valence-corrected chi connectivity index (χ0v) is 10.6. The molecule has 1 fully saturated rings. The molecule has 20 heavy (non-hydrogen) atoms. The second-order valence-electron chi connectivity index (χ2n) is 4.50. The van der Waals surface area contributed by atoms with E-state index in [9.17, 15) is 18.4 Å². The molecule has 0 bridgehead atoms. The first-order chi connectivity index (χ1) is 9.38. The van der Waals surface area contributed by atoms with Crippen molar-refractivity contribution in [1.29, 1.82) is 0 Å². The first-order valence-corrected chi connectivity index (χ1v) is 5.81. The van der Waals surface area contributed by atoms with Crippen molar-refractivity contribution in [1.82, 2.24) is 24.8 Å². The molecule has 2 heterocycles. The van der Waals surface area contributed by atoms with Crippen LogP contribution in [0.2, 0.25) is 0 Å². The Balaban J connectivity index is 1.87. The number of aromatic nitrogens is 3. The third kappa shape index (κ3) is 2.83. The van der Waals surface area contributed by atoms with Crippen LogP contribution >= 0.6 is 0 Å². The maximum Gasteiger partial charge on any atom is 0.358 e. The van der Waals surface area contributed by atoms with Crippen LogP contribution in [0.1, 0.15) is 16.5 Å². The van der Waals surface area contributed by atoms with Gasteiger partial charge in [0.05, 0.1) is 18.8 Å². The van der Waals surface area contributed by atoms with Gasteiger partial charge in [0.25, 0.3) is 6.43 Å². The van der Waals surface area contributed by atoms with E-state index in [2.05, 4.69) is 10.3 Å². The van der Waals surface area contributed by atoms with Gasteiger partial charge in [-0.15, -0.1) is 5.10 Å². The predicted molar refractivity (Wildman–Crippen MR) is 61.6 cm³/mol. The number of amides is 2. The summed E-state index contributed by atoms with van der Waals surface area (Å²) < 4.78 is 25.7. The van der Waals surface area contributed by atoms with Gasteiger partial charge in [0.2, 0.25) is 0 Å². The normalized spacial score (nSPS) is 15.3. The third-order valence-electron chi connectivity index (χ3n) is 2.97. The number of carboxylic acid groups (broad SMARTS) is 1. The molecule has 0 saturated carbocycles. The van der Waals surface area contributed by atoms with Gasteiger partial charge in [0.1, 0.15) is 0 Å². The maximum absolute atomic E-state index is 12.2. The fourth-order valence-corrected chi connectivity index (χ4v) is 1.86. The van der Waals surface area contributed by atoms with Crippen molar-refractivity contribution in [2.24, 2.45) is 0 Å². The van der Waals surface area contributed by atoms with Crippen LogP contribution in [0.3, 0.4) is 0 Å². The van der Waals surface area contributed by atoms with E-state index in [1.807, 2.05) is 0 Å². The lowest BCUT2D eigenvalue weighted by atomic mass is 10.1. The van der Waals surface area contributed by atoms with Gasteiger partial charge < -0.3 is 14.9 Å². The maximum atomic E-state index is 12.2. The molecule has 1 N–H and O–H groups in total. The molecule has 1 aliphatic heterocycles. The van der Waals surface area contributed by atoms with Crippen LogP contribution in [0.15, 0.2) is 6.20 Å². The Morgan fingerprint density at radius 3 is 2.70 bits per heavy atom. The Kier molecular flexibility index (Phi) is 3.81.